The van der Waals surface area contributed by atoms with E-state index in [-0.39, 0.29) is 0 Å². The summed E-state index contributed by atoms with van der Waals surface area (Å²) in [7, 11) is 0. The van der Waals surface area contributed by atoms with Gasteiger partial charge in [0.15, 0.2) is 0 Å². The zero-order valence-corrected chi connectivity index (χ0v) is 16.7. The predicted molar refractivity (Wildman–Crippen MR) is 107 cm³/mol. The van der Waals surface area contributed by atoms with E-state index in [1.54, 1.807) is 16.4 Å². The van der Waals surface area contributed by atoms with Crippen LogP contribution in [0, 0.1) is 0 Å². The number of hydrogen-bond acceptors (Lipinski definition) is 3. The van der Waals surface area contributed by atoms with Gasteiger partial charge in [0.1, 0.15) is 5.03 Å². The van der Waals surface area contributed by atoms with Crippen LogP contribution in [0.15, 0.2) is 69.0 Å². The number of rotatable bonds is 6. The Bertz CT molecular complexity index is 932. The first-order chi connectivity index (χ1) is 12.5. The maximum Gasteiger partial charge on any atom is 0.404 e. The van der Waals surface area contributed by atoms with Crippen LogP contribution in [0.3, 0.4) is 0 Å². The van der Waals surface area contributed by atoms with Crippen molar-refractivity contribution < 1.29 is 9.90 Å². The van der Waals surface area contributed by atoms with Crippen LogP contribution < -0.4 is 5.32 Å². The molecule has 0 unspecified atom stereocenters. The van der Waals surface area contributed by atoms with Gasteiger partial charge in [0.05, 0.1) is 16.4 Å². The molecule has 2 aromatic carbocycles. The summed E-state index contributed by atoms with van der Waals surface area (Å²) in [6, 6.07) is 17.4. The summed E-state index contributed by atoms with van der Waals surface area (Å²) >= 11 is 11.4. The van der Waals surface area contributed by atoms with Gasteiger partial charge in [-0.1, -0.05) is 57.5 Å². The minimum Gasteiger partial charge on any atom is -0.465 e. The molecule has 0 saturated carbocycles. The maximum atomic E-state index is 10.6. The van der Waals surface area contributed by atoms with Gasteiger partial charge < -0.3 is 10.4 Å². The number of nitrogens with zero attached hydrogens (tertiary/aromatic N) is 2. The van der Waals surface area contributed by atoms with Crippen molar-refractivity contribution in [2.75, 3.05) is 6.54 Å². The van der Waals surface area contributed by atoms with Gasteiger partial charge >= 0.3 is 6.09 Å². The van der Waals surface area contributed by atoms with Crippen LogP contribution in [0.5, 0.6) is 0 Å². The average Bonchev–Trinajstić information content (AvgIpc) is 2.97. The Morgan fingerprint density at radius 1 is 1.23 bits per heavy atom. The first-order valence-corrected chi connectivity index (χ1v) is 9.76. The second kappa shape index (κ2) is 8.62. The summed E-state index contributed by atoms with van der Waals surface area (Å²) in [6.07, 6.45) is -0.547. The highest BCUT2D eigenvalue weighted by Crippen LogP contribution is 2.33. The molecule has 0 aliphatic carbocycles. The molecule has 0 atom stereocenters. The maximum absolute atomic E-state index is 10.6. The SMILES string of the molecule is O=C(O)NCCc1cc(Sc2cccc(Br)c2)n(-c2ccccc2Cl)n1. The third kappa shape index (κ3) is 4.81. The Kier molecular flexibility index (Phi) is 6.24. The number of halogens is 2. The molecule has 8 heteroatoms. The van der Waals surface area contributed by atoms with Crippen molar-refractivity contribution in [3.05, 3.63) is 69.8 Å². The smallest absolute Gasteiger partial charge is 0.404 e. The first-order valence-electron chi connectivity index (χ1n) is 7.77. The highest BCUT2D eigenvalue weighted by atomic mass is 79.9. The number of aromatic nitrogens is 2. The molecule has 0 spiro atoms. The lowest BCUT2D eigenvalue weighted by atomic mass is 10.3. The normalized spacial score (nSPS) is 10.7. The van der Waals surface area contributed by atoms with Crippen molar-refractivity contribution in [1.82, 2.24) is 15.1 Å². The molecule has 1 aromatic heterocycles. The zero-order chi connectivity index (χ0) is 18.5. The molecule has 3 aromatic rings. The van der Waals surface area contributed by atoms with Crippen LogP contribution in [-0.4, -0.2) is 27.5 Å². The largest absolute Gasteiger partial charge is 0.465 e. The van der Waals surface area contributed by atoms with Gasteiger partial charge in [0.25, 0.3) is 0 Å². The molecule has 0 aliphatic rings. The Labute approximate surface area is 168 Å². The van der Waals surface area contributed by atoms with Crippen molar-refractivity contribution in [3.63, 3.8) is 0 Å². The van der Waals surface area contributed by atoms with Crippen molar-refractivity contribution in [2.24, 2.45) is 0 Å². The molecule has 1 amide bonds. The summed E-state index contributed by atoms with van der Waals surface area (Å²) < 4.78 is 2.79. The van der Waals surface area contributed by atoms with E-state index in [1.165, 1.54) is 0 Å². The van der Waals surface area contributed by atoms with Gasteiger partial charge in [-0.25, -0.2) is 9.48 Å². The molecule has 5 nitrogen and oxygen atoms in total. The predicted octanol–water partition coefficient (Wildman–Crippen LogP) is 5.25. The summed E-state index contributed by atoms with van der Waals surface area (Å²) in [5, 5.41) is 17.2. The van der Waals surface area contributed by atoms with Crippen LogP contribution in [0.25, 0.3) is 5.69 Å². The van der Waals surface area contributed by atoms with E-state index in [0.29, 0.717) is 18.0 Å². The van der Waals surface area contributed by atoms with Gasteiger partial charge in [0.2, 0.25) is 0 Å². The lowest BCUT2D eigenvalue weighted by Gasteiger charge is -2.09. The van der Waals surface area contributed by atoms with Gasteiger partial charge in [-0.05, 0) is 36.4 Å². The fraction of sp³-hybridized carbons (Fsp3) is 0.111. The van der Waals surface area contributed by atoms with Crippen molar-refractivity contribution >= 4 is 45.4 Å². The van der Waals surface area contributed by atoms with Crippen LogP contribution in [-0.2, 0) is 6.42 Å². The molecule has 0 bridgehead atoms. The topological polar surface area (TPSA) is 67.2 Å². The fourth-order valence-electron chi connectivity index (χ4n) is 2.35. The second-order valence-electron chi connectivity index (χ2n) is 5.38. The Hall–Kier alpha value is -1.96. The lowest BCUT2D eigenvalue weighted by molar-refractivity contribution is 0.194. The minimum atomic E-state index is -1.04. The summed E-state index contributed by atoms with van der Waals surface area (Å²) in [6.45, 7) is 0.301. The second-order valence-corrected chi connectivity index (χ2v) is 7.80. The number of para-hydroxylation sites is 1. The van der Waals surface area contributed by atoms with E-state index in [0.717, 1.165) is 25.8 Å². The Morgan fingerprint density at radius 3 is 2.77 bits per heavy atom. The van der Waals surface area contributed by atoms with Crippen LogP contribution in [0.1, 0.15) is 5.69 Å². The molecule has 0 fully saturated rings. The van der Waals surface area contributed by atoms with Gasteiger partial charge in [-0.2, -0.15) is 5.10 Å². The van der Waals surface area contributed by atoms with E-state index in [1.807, 2.05) is 54.6 Å². The van der Waals surface area contributed by atoms with Crippen molar-refractivity contribution in [3.8, 4) is 5.69 Å². The van der Waals surface area contributed by atoms with Gasteiger partial charge in [-0.3, -0.25) is 0 Å². The van der Waals surface area contributed by atoms with Crippen LogP contribution in [0.4, 0.5) is 4.79 Å². The molecule has 0 aliphatic heterocycles. The fourth-order valence-corrected chi connectivity index (χ4v) is 4.11. The van der Waals surface area contributed by atoms with Crippen molar-refractivity contribution in [2.45, 2.75) is 16.3 Å². The van der Waals surface area contributed by atoms with E-state index >= 15 is 0 Å². The summed E-state index contributed by atoms with van der Waals surface area (Å²) in [5.41, 5.74) is 1.57. The quantitative estimate of drug-likeness (QED) is 0.536. The highest BCUT2D eigenvalue weighted by Gasteiger charge is 2.14. The molecule has 0 saturated heterocycles. The molecule has 3 rings (SSSR count). The number of benzene rings is 2. The zero-order valence-electron chi connectivity index (χ0n) is 13.5. The van der Waals surface area contributed by atoms with E-state index in [4.69, 9.17) is 16.7 Å². The van der Waals surface area contributed by atoms with E-state index < -0.39 is 6.09 Å². The highest BCUT2D eigenvalue weighted by molar-refractivity contribution is 9.10. The molecular weight excluding hydrogens is 438 g/mol. The Morgan fingerprint density at radius 2 is 2.04 bits per heavy atom. The van der Waals surface area contributed by atoms with E-state index in [9.17, 15) is 4.79 Å². The van der Waals surface area contributed by atoms with Gasteiger partial charge in [-0.15, -0.1) is 0 Å². The number of amides is 1. The number of carbonyl (C=O) groups is 1. The molecule has 0 radical (unpaired) electrons. The summed E-state index contributed by atoms with van der Waals surface area (Å²) in [4.78, 5) is 11.7. The standard InChI is InChI=1S/C18H15BrClN3O2S/c19-12-4-3-5-14(10-12)26-17-11-13(8-9-21-18(24)25)22-23(17)16-7-2-1-6-15(16)20/h1-7,10-11,21H,8-9H2,(H,24,25). The third-order valence-corrected chi connectivity index (χ3v) is 5.29. The third-order valence-electron chi connectivity index (χ3n) is 3.48. The monoisotopic (exact) mass is 451 g/mol. The molecule has 134 valence electrons. The number of hydrogen-bond donors (Lipinski definition) is 2. The van der Waals surface area contributed by atoms with Gasteiger partial charge in [0, 0.05) is 22.3 Å². The Balaban J connectivity index is 1.93. The molecule has 1 heterocycles. The van der Waals surface area contributed by atoms with Crippen molar-refractivity contribution in [1.29, 1.82) is 0 Å². The minimum absolute atomic E-state index is 0.301. The molecular formula is C18H15BrClN3O2S. The van der Waals surface area contributed by atoms with Crippen LogP contribution in [0.2, 0.25) is 5.02 Å². The number of carboxylic acid groups (broad SMARTS) is 1. The molecule has 2 N–H and O–H groups in total. The number of nitrogens with one attached hydrogen (secondary N) is 1. The first kappa shape index (κ1) is 18.8. The average molecular weight is 453 g/mol. The summed E-state index contributed by atoms with van der Waals surface area (Å²) in [5.74, 6) is 0. The molecule has 26 heavy (non-hydrogen) atoms. The van der Waals surface area contributed by atoms with E-state index in [2.05, 4.69) is 26.3 Å². The lowest BCUT2D eigenvalue weighted by Crippen LogP contribution is -2.23. The van der Waals surface area contributed by atoms with Crippen LogP contribution >= 0.6 is 39.3 Å².